The Morgan fingerprint density at radius 2 is 0.629 bits per heavy atom. The normalized spacial score (nSPS) is 12.6. The van der Waals surface area contributed by atoms with Crippen LogP contribution in [0.1, 0.15) is 22.3 Å². The first-order chi connectivity index (χ1) is 30.7. The molecule has 3 nitrogen and oxygen atoms in total. The van der Waals surface area contributed by atoms with E-state index in [1.54, 1.807) is 0 Å². The molecule has 0 amide bonds. The molecule has 4 heteroatoms. The van der Waals surface area contributed by atoms with Crippen LogP contribution in [0.4, 0.5) is 0 Å². The van der Waals surface area contributed by atoms with Crippen LogP contribution >= 0.6 is 11.8 Å². The van der Waals surface area contributed by atoms with Crippen LogP contribution in [0.15, 0.2) is 246 Å². The molecule has 0 atom stereocenters. The number of nitrogens with zero attached hydrogens (tertiary/aromatic N) is 3. The molecule has 0 fully saturated rings. The maximum Gasteiger partial charge on any atom is 0.164 e. The Morgan fingerprint density at radius 3 is 1.18 bits per heavy atom. The molecule has 0 spiro atoms. The quantitative estimate of drug-likeness (QED) is 0.153. The van der Waals surface area contributed by atoms with Gasteiger partial charge in [-0.1, -0.05) is 218 Å². The smallest absolute Gasteiger partial charge is 0.164 e. The summed E-state index contributed by atoms with van der Waals surface area (Å²) in [5, 5.41) is 0. The first-order valence-electron chi connectivity index (χ1n) is 20.9. The van der Waals surface area contributed by atoms with Gasteiger partial charge in [0.25, 0.3) is 0 Å². The molecular weight excluding hydrogens is 771 g/mol. The van der Waals surface area contributed by atoms with Crippen LogP contribution in [0, 0.1) is 0 Å². The lowest BCUT2D eigenvalue weighted by Crippen LogP contribution is -2.34. The molecule has 292 valence electrons. The van der Waals surface area contributed by atoms with Crippen molar-refractivity contribution in [2.45, 2.75) is 15.2 Å². The standard InChI is InChI=1S/C58H39N3S/c1-5-18-40(19-6-1)42-22-16-26-47(37-42)56-59-55(41-20-7-2-8-21-41)60-57(61-56)48-27-17-25-45(38-48)43-23-15-24-44(36-43)46-34-35-52-54(39-46)62-53-33-14-13-32-51(53)58(52,49-28-9-3-10-29-49)50-30-11-4-12-31-50/h1-39H. The molecule has 0 aliphatic carbocycles. The van der Waals surface area contributed by atoms with Gasteiger partial charge in [0, 0.05) is 26.5 Å². The topological polar surface area (TPSA) is 38.7 Å². The van der Waals surface area contributed by atoms with Crippen LogP contribution in [-0.4, -0.2) is 15.0 Å². The van der Waals surface area contributed by atoms with Gasteiger partial charge in [-0.05, 0) is 86.0 Å². The highest BCUT2D eigenvalue weighted by molar-refractivity contribution is 7.99. The zero-order valence-electron chi connectivity index (χ0n) is 33.8. The zero-order valence-corrected chi connectivity index (χ0v) is 34.6. The zero-order chi connectivity index (χ0) is 41.3. The Morgan fingerprint density at radius 1 is 0.258 bits per heavy atom. The van der Waals surface area contributed by atoms with Crippen molar-refractivity contribution in [1.82, 2.24) is 15.0 Å². The predicted molar refractivity (Wildman–Crippen MR) is 255 cm³/mol. The Balaban J connectivity index is 0.985. The number of fused-ring (bicyclic) bond motifs is 2. The molecule has 9 aromatic carbocycles. The third kappa shape index (κ3) is 6.81. The molecule has 0 saturated heterocycles. The van der Waals surface area contributed by atoms with Gasteiger partial charge in [-0.25, -0.2) is 15.0 Å². The fraction of sp³-hybridized carbons (Fsp3) is 0.0172. The van der Waals surface area contributed by atoms with Crippen LogP contribution in [0.2, 0.25) is 0 Å². The molecule has 1 aliphatic rings. The van der Waals surface area contributed by atoms with Crippen LogP contribution in [0.5, 0.6) is 0 Å². The number of hydrogen-bond donors (Lipinski definition) is 0. The highest BCUT2D eigenvalue weighted by Crippen LogP contribution is 2.56. The maximum absolute atomic E-state index is 5.12. The van der Waals surface area contributed by atoms with Crippen molar-refractivity contribution in [1.29, 1.82) is 0 Å². The van der Waals surface area contributed by atoms with Gasteiger partial charge in [-0.2, -0.15) is 0 Å². The molecule has 10 aromatic rings. The largest absolute Gasteiger partial charge is 0.208 e. The summed E-state index contributed by atoms with van der Waals surface area (Å²) in [5.41, 5.74) is 14.3. The van der Waals surface area contributed by atoms with E-state index in [-0.39, 0.29) is 0 Å². The van der Waals surface area contributed by atoms with E-state index < -0.39 is 5.41 Å². The van der Waals surface area contributed by atoms with Gasteiger partial charge in [0.1, 0.15) is 0 Å². The van der Waals surface area contributed by atoms with E-state index in [0.29, 0.717) is 17.5 Å². The molecule has 0 N–H and O–H groups in total. The summed E-state index contributed by atoms with van der Waals surface area (Å²) in [6.45, 7) is 0. The summed E-state index contributed by atoms with van der Waals surface area (Å²) in [6, 6.07) is 84.3. The third-order valence-corrected chi connectivity index (χ3v) is 13.0. The number of benzene rings is 9. The van der Waals surface area contributed by atoms with Crippen LogP contribution < -0.4 is 0 Å². The summed E-state index contributed by atoms with van der Waals surface area (Å²) in [4.78, 5) is 17.7. The fourth-order valence-electron chi connectivity index (χ4n) is 8.93. The number of aromatic nitrogens is 3. The minimum Gasteiger partial charge on any atom is -0.208 e. The lowest BCUT2D eigenvalue weighted by molar-refractivity contribution is 0.703. The molecular formula is C58H39N3S. The highest BCUT2D eigenvalue weighted by atomic mass is 32.2. The third-order valence-electron chi connectivity index (χ3n) is 11.9. The Kier molecular flexibility index (Phi) is 9.68. The van der Waals surface area contributed by atoms with Gasteiger partial charge in [-0.3, -0.25) is 0 Å². The summed E-state index contributed by atoms with van der Waals surface area (Å²) < 4.78 is 0. The van der Waals surface area contributed by atoms with Crippen molar-refractivity contribution in [3.8, 4) is 67.5 Å². The summed E-state index contributed by atoms with van der Waals surface area (Å²) in [5.74, 6) is 1.90. The second-order valence-electron chi connectivity index (χ2n) is 15.6. The highest BCUT2D eigenvalue weighted by Gasteiger charge is 2.44. The average Bonchev–Trinajstić information content (AvgIpc) is 3.36. The van der Waals surface area contributed by atoms with Gasteiger partial charge in [0.05, 0.1) is 5.41 Å². The van der Waals surface area contributed by atoms with Crippen LogP contribution in [0.25, 0.3) is 67.5 Å². The Bertz CT molecular complexity index is 3160. The van der Waals surface area contributed by atoms with E-state index in [1.807, 2.05) is 48.2 Å². The molecule has 0 radical (unpaired) electrons. The molecule has 0 saturated carbocycles. The first kappa shape index (κ1) is 37.3. The van der Waals surface area contributed by atoms with E-state index in [4.69, 9.17) is 15.0 Å². The van der Waals surface area contributed by atoms with Crippen molar-refractivity contribution in [3.05, 3.63) is 259 Å². The van der Waals surface area contributed by atoms with Crippen molar-refractivity contribution in [3.63, 3.8) is 0 Å². The molecule has 0 bridgehead atoms. The molecule has 11 rings (SSSR count). The lowest BCUT2D eigenvalue weighted by atomic mass is 9.64. The van der Waals surface area contributed by atoms with E-state index >= 15 is 0 Å². The minimum absolute atomic E-state index is 0.458. The van der Waals surface area contributed by atoms with E-state index in [1.165, 1.54) is 37.6 Å². The van der Waals surface area contributed by atoms with E-state index in [0.717, 1.165) is 44.5 Å². The molecule has 0 unspecified atom stereocenters. The fourth-order valence-corrected chi connectivity index (χ4v) is 10.2. The molecule has 1 aliphatic heterocycles. The Labute approximate surface area is 366 Å². The van der Waals surface area contributed by atoms with Crippen molar-refractivity contribution in [2.75, 3.05) is 0 Å². The minimum atomic E-state index is -0.458. The summed E-state index contributed by atoms with van der Waals surface area (Å²) in [6.07, 6.45) is 0. The van der Waals surface area contributed by atoms with Crippen LogP contribution in [0.3, 0.4) is 0 Å². The summed E-state index contributed by atoms with van der Waals surface area (Å²) >= 11 is 1.86. The van der Waals surface area contributed by atoms with Crippen molar-refractivity contribution < 1.29 is 0 Å². The van der Waals surface area contributed by atoms with Crippen molar-refractivity contribution in [2.24, 2.45) is 0 Å². The second-order valence-corrected chi connectivity index (χ2v) is 16.7. The molecule has 62 heavy (non-hydrogen) atoms. The average molecular weight is 810 g/mol. The second kappa shape index (κ2) is 16.1. The van der Waals surface area contributed by atoms with Gasteiger partial charge >= 0.3 is 0 Å². The predicted octanol–water partition coefficient (Wildman–Crippen LogP) is 14.7. The van der Waals surface area contributed by atoms with Crippen LogP contribution in [-0.2, 0) is 5.41 Å². The monoisotopic (exact) mass is 809 g/mol. The molecule has 2 heterocycles. The number of rotatable bonds is 8. The Hall–Kier alpha value is -7.66. The SMILES string of the molecule is c1ccc(-c2cccc(-c3nc(-c4ccccc4)nc(-c4cccc(-c5cccc(-c6ccc7c(c6)Sc6ccccc6C7(c6ccccc6)c6ccccc6)c5)c4)n3)c2)cc1. The maximum atomic E-state index is 5.12. The number of hydrogen-bond acceptors (Lipinski definition) is 4. The van der Waals surface area contributed by atoms with E-state index in [2.05, 4.69) is 200 Å². The van der Waals surface area contributed by atoms with Gasteiger partial charge < -0.3 is 0 Å². The van der Waals surface area contributed by atoms with Gasteiger partial charge in [-0.15, -0.1) is 0 Å². The summed E-state index contributed by atoms with van der Waals surface area (Å²) in [7, 11) is 0. The van der Waals surface area contributed by atoms with Crippen molar-refractivity contribution >= 4 is 11.8 Å². The van der Waals surface area contributed by atoms with E-state index in [9.17, 15) is 0 Å². The lowest BCUT2D eigenvalue weighted by Gasteiger charge is -2.42. The molecule has 1 aromatic heterocycles. The van der Waals surface area contributed by atoms with Gasteiger partial charge in [0.15, 0.2) is 17.5 Å². The first-order valence-corrected chi connectivity index (χ1v) is 21.7. The van der Waals surface area contributed by atoms with Gasteiger partial charge in [0.2, 0.25) is 0 Å².